The standard InChI is InChI=1S/C14H21N3O3/c1-4-12(10-5-7-11(20-3)8-6-10)16-9(2)13(18)17-14(15)19/h5-9,12,16H,4H2,1-3H3,(H3,15,17,18,19)/t9-,12-/m0/s1. The number of ether oxygens (including phenoxy) is 1. The summed E-state index contributed by atoms with van der Waals surface area (Å²) in [7, 11) is 1.61. The molecule has 0 unspecified atom stereocenters. The Morgan fingerprint density at radius 2 is 1.90 bits per heavy atom. The van der Waals surface area contributed by atoms with Crippen molar-refractivity contribution < 1.29 is 14.3 Å². The Hall–Kier alpha value is -2.08. The van der Waals surface area contributed by atoms with Crippen LogP contribution in [0.2, 0.25) is 0 Å². The number of nitrogens with one attached hydrogen (secondary N) is 2. The second kappa shape index (κ2) is 7.49. The van der Waals surface area contributed by atoms with Crippen LogP contribution in [0.1, 0.15) is 31.9 Å². The molecule has 6 heteroatoms. The summed E-state index contributed by atoms with van der Waals surface area (Å²) >= 11 is 0. The predicted octanol–water partition coefficient (Wildman–Crippen LogP) is 1.32. The van der Waals surface area contributed by atoms with Crippen LogP contribution in [0.4, 0.5) is 4.79 Å². The van der Waals surface area contributed by atoms with Crippen molar-refractivity contribution >= 4 is 11.9 Å². The third-order valence-corrected chi connectivity index (χ3v) is 3.02. The van der Waals surface area contributed by atoms with E-state index < -0.39 is 18.0 Å². The molecule has 3 amide bonds. The fraction of sp³-hybridized carbons (Fsp3) is 0.429. The molecule has 0 aromatic heterocycles. The lowest BCUT2D eigenvalue weighted by Gasteiger charge is -2.22. The van der Waals surface area contributed by atoms with E-state index in [0.29, 0.717) is 0 Å². The van der Waals surface area contributed by atoms with Gasteiger partial charge in [0.25, 0.3) is 0 Å². The van der Waals surface area contributed by atoms with Crippen LogP contribution in [0.25, 0.3) is 0 Å². The molecule has 20 heavy (non-hydrogen) atoms. The first-order chi connectivity index (χ1) is 9.47. The van der Waals surface area contributed by atoms with Crippen molar-refractivity contribution in [2.45, 2.75) is 32.4 Å². The molecule has 0 aliphatic rings. The molecule has 0 aliphatic heterocycles. The van der Waals surface area contributed by atoms with Gasteiger partial charge in [-0.25, -0.2) is 4.79 Å². The number of urea groups is 1. The van der Waals surface area contributed by atoms with Gasteiger partial charge in [0.2, 0.25) is 5.91 Å². The van der Waals surface area contributed by atoms with Gasteiger partial charge in [-0.2, -0.15) is 0 Å². The minimum atomic E-state index is -0.846. The first-order valence-corrected chi connectivity index (χ1v) is 6.48. The van der Waals surface area contributed by atoms with Crippen molar-refractivity contribution in [3.63, 3.8) is 0 Å². The van der Waals surface area contributed by atoms with Gasteiger partial charge in [0.1, 0.15) is 5.75 Å². The number of hydrogen-bond donors (Lipinski definition) is 3. The van der Waals surface area contributed by atoms with Gasteiger partial charge in [0.15, 0.2) is 0 Å². The summed E-state index contributed by atoms with van der Waals surface area (Å²) < 4.78 is 5.11. The molecule has 0 bridgehead atoms. The summed E-state index contributed by atoms with van der Waals surface area (Å²) in [6.45, 7) is 3.70. The molecule has 0 aliphatic carbocycles. The Kier molecular flexibility index (Phi) is 5.99. The third-order valence-electron chi connectivity index (χ3n) is 3.02. The fourth-order valence-corrected chi connectivity index (χ4v) is 1.89. The second-order valence-electron chi connectivity index (χ2n) is 4.48. The minimum absolute atomic E-state index is 0.00883. The van der Waals surface area contributed by atoms with Crippen molar-refractivity contribution in [1.82, 2.24) is 10.6 Å². The van der Waals surface area contributed by atoms with Crippen molar-refractivity contribution in [2.24, 2.45) is 5.73 Å². The van der Waals surface area contributed by atoms with Crippen LogP contribution >= 0.6 is 0 Å². The second-order valence-corrected chi connectivity index (χ2v) is 4.48. The van der Waals surface area contributed by atoms with Gasteiger partial charge in [-0.15, -0.1) is 0 Å². The van der Waals surface area contributed by atoms with Crippen LogP contribution < -0.4 is 21.1 Å². The molecule has 2 atom stereocenters. The number of rotatable bonds is 6. The smallest absolute Gasteiger partial charge is 0.318 e. The van der Waals surface area contributed by atoms with E-state index in [9.17, 15) is 9.59 Å². The normalized spacial score (nSPS) is 13.3. The number of benzene rings is 1. The highest BCUT2D eigenvalue weighted by atomic mass is 16.5. The Morgan fingerprint density at radius 1 is 1.30 bits per heavy atom. The number of primary amides is 1. The zero-order valence-corrected chi connectivity index (χ0v) is 12.0. The van der Waals surface area contributed by atoms with Gasteiger partial charge in [-0.1, -0.05) is 19.1 Å². The maximum atomic E-state index is 11.6. The molecule has 0 spiro atoms. The molecule has 6 nitrogen and oxygen atoms in total. The average molecular weight is 279 g/mol. The SMILES string of the molecule is CC[C@H](N[C@@H](C)C(=O)NC(N)=O)c1ccc(OC)cc1. The number of hydrogen-bond acceptors (Lipinski definition) is 4. The van der Waals surface area contributed by atoms with Crippen LogP contribution in [0, 0.1) is 0 Å². The maximum Gasteiger partial charge on any atom is 0.318 e. The van der Waals surface area contributed by atoms with Crippen LogP contribution in [-0.4, -0.2) is 25.1 Å². The van der Waals surface area contributed by atoms with Gasteiger partial charge in [0.05, 0.1) is 13.2 Å². The molecule has 110 valence electrons. The number of methoxy groups -OCH3 is 1. The van der Waals surface area contributed by atoms with Crippen molar-refractivity contribution in [3.05, 3.63) is 29.8 Å². The van der Waals surface area contributed by atoms with Gasteiger partial charge in [-0.05, 0) is 31.0 Å². The van der Waals surface area contributed by atoms with E-state index in [4.69, 9.17) is 10.5 Å². The number of imide groups is 1. The lowest BCUT2D eigenvalue weighted by atomic mass is 10.0. The van der Waals surface area contributed by atoms with E-state index in [1.165, 1.54) is 0 Å². The first-order valence-electron chi connectivity index (χ1n) is 6.48. The molecule has 1 aromatic rings. The van der Waals surface area contributed by atoms with Crippen LogP contribution in [0.3, 0.4) is 0 Å². The Bertz CT molecular complexity index is 459. The summed E-state index contributed by atoms with van der Waals surface area (Å²) in [5, 5.41) is 5.22. The maximum absolute atomic E-state index is 11.6. The highest BCUT2D eigenvalue weighted by Crippen LogP contribution is 2.20. The Labute approximate surface area is 118 Å². The monoisotopic (exact) mass is 279 g/mol. The van der Waals surface area contributed by atoms with Crippen LogP contribution in [0.5, 0.6) is 5.75 Å². The Balaban J connectivity index is 2.70. The van der Waals surface area contributed by atoms with Gasteiger partial charge in [-0.3, -0.25) is 15.4 Å². The van der Waals surface area contributed by atoms with Crippen LogP contribution in [-0.2, 0) is 4.79 Å². The van der Waals surface area contributed by atoms with E-state index in [-0.39, 0.29) is 6.04 Å². The zero-order valence-electron chi connectivity index (χ0n) is 12.0. The first kappa shape index (κ1) is 16.0. The molecule has 0 saturated heterocycles. The quantitative estimate of drug-likeness (QED) is 0.732. The van der Waals surface area contributed by atoms with Gasteiger partial charge in [0, 0.05) is 6.04 Å². The molecular formula is C14H21N3O3. The zero-order chi connectivity index (χ0) is 15.1. The van der Waals surface area contributed by atoms with E-state index in [2.05, 4.69) is 10.6 Å². The lowest BCUT2D eigenvalue weighted by molar-refractivity contribution is -0.121. The molecule has 0 fully saturated rings. The van der Waals surface area contributed by atoms with E-state index in [1.807, 2.05) is 31.2 Å². The van der Waals surface area contributed by atoms with Crippen molar-refractivity contribution in [1.29, 1.82) is 0 Å². The average Bonchev–Trinajstić information content (AvgIpc) is 2.43. The number of nitrogens with two attached hydrogens (primary N) is 1. The summed E-state index contributed by atoms with van der Waals surface area (Å²) in [5.74, 6) is 0.340. The fourth-order valence-electron chi connectivity index (χ4n) is 1.89. The summed E-state index contributed by atoms with van der Waals surface area (Å²) in [4.78, 5) is 22.3. The highest BCUT2D eigenvalue weighted by Gasteiger charge is 2.18. The van der Waals surface area contributed by atoms with Crippen molar-refractivity contribution in [3.8, 4) is 5.75 Å². The minimum Gasteiger partial charge on any atom is -0.497 e. The molecule has 1 aromatic carbocycles. The summed E-state index contributed by atoms with van der Waals surface area (Å²) in [5.41, 5.74) is 5.97. The van der Waals surface area contributed by atoms with E-state index in [0.717, 1.165) is 17.7 Å². The predicted molar refractivity (Wildman–Crippen MR) is 76.3 cm³/mol. The number of carbonyl (C=O) groups excluding carboxylic acids is 2. The number of carbonyl (C=O) groups is 2. The lowest BCUT2D eigenvalue weighted by Crippen LogP contribution is -2.47. The molecule has 0 radical (unpaired) electrons. The molecule has 0 saturated carbocycles. The Morgan fingerprint density at radius 3 is 2.35 bits per heavy atom. The molecule has 1 rings (SSSR count). The summed E-state index contributed by atoms with van der Waals surface area (Å²) in [6.07, 6.45) is 0.806. The topological polar surface area (TPSA) is 93.5 Å². The third kappa shape index (κ3) is 4.55. The van der Waals surface area contributed by atoms with Gasteiger partial charge >= 0.3 is 6.03 Å². The van der Waals surface area contributed by atoms with E-state index in [1.54, 1.807) is 14.0 Å². The van der Waals surface area contributed by atoms with Crippen LogP contribution in [0.15, 0.2) is 24.3 Å². The highest BCUT2D eigenvalue weighted by molar-refractivity contribution is 5.96. The summed E-state index contributed by atoms with van der Waals surface area (Å²) in [6, 6.07) is 6.27. The molecule has 0 heterocycles. The van der Waals surface area contributed by atoms with E-state index >= 15 is 0 Å². The molecular weight excluding hydrogens is 258 g/mol. The van der Waals surface area contributed by atoms with Gasteiger partial charge < -0.3 is 10.5 Å². The largest absolute Gasteiger partial charge is 0.497 e. The number of amides is 3. The molecule has 4 N–H and O–H groups in total. The van der Waals surface area contributed by atoms with Crippen molar-refractivity contribution in [2.75, 3.05) is 7.11 Å².